The first-order valence-corrected chi connectivity index (χ1v) is 6.33. The summed E-state index contributed by atoms with van der Waals surface area (Å²) in [6.07, 6.45) is 0. The molecule has 2 N–H and O–H groups in total. The minimum atomic E-state index is -3.71. The van der Waals surface area contributed by atoms with Crippen molar-refractivity contribution < 1.29 is 23.1 Å². The Morgan fingerprint density at radius 1 is 1.18 bits per heavy atom. The third-order valence-corrected chi connectivity index (χ3v) is 3.49. The number of carbonyl (C=O) groups is 2. The van der Waals surface area contributed by atoms with Crippen molar-refractivity contribution in [3.05, 3.63) is 30.3 Å². The molecular weight excluding hydrogens is 246 g/mol. The molecule has 0 aliphatic carbocycles. The number of rotatable bonds is 5. The van der Waals surface area contributed by atoms with Crippen molar-refractivity contribution >= 4 is 21.7 Å². The monoisotopic (exact) mass is 257 g/mol. The summed E-state index contributed by atoms with van der Waals surface area (Å²) in [5, 5.41) is 10.3. The average molecular weight is 257 g/mol. The standard InChI is InChI=1S/C10H11NO5S/c12-9(11-6-10(13)14)7-17(15,16)8-4-2-1-3-5-8/h1-5H,6-7H2,(H,11,12)(H,13,14). The highest BCUT2D eigenvalue weighted by Gasteiger charge is 2.18. The second-order valence-corrected chi connectivity index (χ2v) is 5.23. The Balaban J connectivity index is 2.68. The van der Waals surface area contributed by atoms with Crippen LogP contribution in [0.2, 0.25) is 0 Å². The molecule has 0 fully saturated rings. The second-order valence-electron chi connectivity index (χ2n) is 3.24. The highest BCUT2D eigenvalue weighted by molar-refractivity contribution is 7.92. The number of aliphatic carboxylic acids is 1. The van der Waals surface area contributed by atoms with E-state index in [9.17, 15) is 18.0 Å². The lowest BCUT2D eigenvalue weighted by Crippen LogP contribution is -2.34. The van der Waals surface area contributed by atoms with Crippen LogP contribution in [0.15, 0.2) is 35.2 Å². The van der Waals surface area contributed by atoms with E-state index >= 15 is 0 Å². The van der Waals surface area contributed by atoms with Crippen LogP contribution in [-0.2, 0) is 19.4 Å². The van der Waals surface area contributed by atoms with Gasteiger partial charge in [0.05, 0.1) is 4.90 Å². The Bertz CT molecular complexity index is 509. The molecule has 1 aromatic rings. The van der Waals surface area contributed by atoms with E-state index in [4.69, 9.17) is 5.11 Å². The van der Waals surface area contributed by atoms with E-state index in [1.54, 1.807) is 18.2 Å². The number of benzene rings is 1. The van der Waals surface area contributed by atoms with Gasteiger partial charge in [-0.2, -0.15) is 0 Å². The molecule has 0 unspecified atom stereocenters. The van der Waals surface area contributed by atoms with Crippen LogP contribution in [-0.4, -0.2) is 37.7 Å². The molecule has 0 bridgehead atoms. The van der Waals surface area contributed by atoms with Crippen molar-refractivity contribution in [3.8, 4) is 0 Å². The third-order valence-electron chi connectivity index (χ3n) is 1.86. The smallest absolute Gasteiger partial charge is 0.322 e. The van der Waals surface area contributed by atoms with Crippen LogP contribution in [0.1, 0.15) is 0 Å². The summed E-state index contributed by atoms with van der Waals surface area (Å²) in [6, 6.07) is 7.49. The number of carbonyl (C=O) groups excluding carboxylic acids is 1. The number of nitrogens with one attached hydrogen (secondary N) is 1. The molecule has 0 aliphatic rings. The Morgan fingerprint density at radius 3 is 2.29 bits per heavy atom. The number of amides is 1. The van der Waals surface area contributed by atoms with Crippen LogP contribution in [0.5, 0.6) is 0 Å². The van der Waals surface area contributed by atoms with Crippen molar-refractivity contribution in [2.45, 2.75) is 4.90 Å². The van der Waals surface area contributed by atoms with Crippen LogP contribution >= 0.6 is 0 Å². The van der Waals surface area contributed by atoms with Gasteiger partial charge in [-0.05, 0) is 12.1 Å². The zero-order valence-corrected chi connectivity index (χ0v) is 9.61. The van der Waals surface area contributed by atoms with Crippen LogP contribution in [0, 0.1) is 0 Å². The molecule has 0 aliphatic heterocycles. The van der Waals surface area contributed by atoms with E-state index in [-0.39, 0.29) is 4.90 Å². The van der Waals surface area contributed by atoms with Gasteiger partial charge >= 0.3 is 5.97 Å². The summed E-state index contributed by atoms with van der Waals surface area (Å²) >= 11 is 0. The largest absolute Gasteiger partial charge is 0.480 e. The number of carboxylic acids is 1. The van der Waals surface area contributed by atoms with Gasteiger partial charge in [0.25, 0.3) is 0 Å². The summed E-state index contributed by atoms with van der Waals surface area (Å²) in [5.41, 5.74) is 0. The van der Waals surface area contributed by atoms with Gasteiger partial charge in [0.2, 0.25) is 5.91 Å². The molecule has 17 heavy (non-hydrogen) atoms. The highest BCUT2D eigenvalue weighted by atomic mass is 32.2. The first-order valence-electron chi connectivity index (χ1n) is 4.68. The summed E-state index contributed by atoms with van der Waals surface area (Å²) in [5.74, 6) is -2.82. The minimum absolute atomic E-state index is 0.0328. The molecule has 92 valence electrons. The topological polar surface area (TPSA) is 101 Å². The SMILES string of the molecule is O=C(O)CNC(=O)CS(=O)(=O)c1ccccc1. The third kappa shape index (κ3) is 4.23. The van der Waals surface area contributed by atoms with E-state index < -0.39 is 34.0 Å². The molecular formula is C10H11NO5S. The molecule has 1 rings (SSSR count). The Hall–Kier alpha value is -1.89. The van der Waals surface area contributed by atoms with Gasteiger partial charge in [0.15, 0.2) is 9.84 Å². The summed E-state index contributed by atoms with van der Waals surface area (Å²) in [6.45, 7) is -0.594. The molecule has 0 radical (unpaired) electrons. The van der Waals surface area contributed by atoms with Gasteiger partial charge in [-0.3, -0.25) is 9.59 Å². The lowest BCUT2D eigenvalue weighted by atomic mass is 10.4. The zero-order chi connectivity index (χ0) is 12.9. The molecule has 0 saturated carbocycles. The summed E-state index contributed by atoms with van der Waals surface area (Å²) < 4.78 is 23.4. The van der Waals surface area contributed by atoms with Crippen LogP contribution in [0.4, 0.5) is 0 Å². The fraction of sp³-hybridized carbons (Fsp3) is 0.200. The van der Waals surface area contributed by atoms with Crippen molar-refractivity contribution in [1.29, 1.82) is 0 Å². The van der Waals surface area contributed by atoms with Crippen molar-refractivity contribution in [2.75, 3.05) is 12.3 Å². The van der Waals surface area contributed by atoms with E-state index in [0.717, 1.165) is 0 Å². The van der Waals surface area contributed by atoms with Gasteiger partial charge in [-0.25, -0.2) is 8.42 Å². The van der Waals surface area contributed by atoms with Crippen molar-refractivity contribution in [3.63, 3.8) is 0 Å². The Kier molecular flexibility index (Phi) is 4.22. The van der Waals surface area contributed by atoms with Gasteiger partial charge in [-0.15, -0.1) is 0 Å². The molecule has 0 saturated heterocycles. The van der Waals surface area contributed by atoms with Crippen LogP contribution in [0.25, 0.3) is 0 Å². The van der Waals surface area contributed by atoms with E-state index in [1.807, 2.05) is 5.32 Å². The highest BCUT2D eigenvalue weighted by Crippen LogP contribution is 2.09. The Labute approximate surface area is 98.2 Å². The van der Waals surface area contributed by atoms with Crippen LogP contribution in [0.3, 0.4) is 0 Å². The maximum Gasteiger partial charge on any atom is 0.322 e. The minimum Gasteiger partial charge on any atom is -0.480 e. The molecule has 0 heterocycles. The summed E-state index contributed by atoms with van der Waals surface area (Å²) in [7, 11) is -3.71. The average Bonchev–Trinajstić information content (AvgIpc) is 2.27. The van der Waals surface area contributed by atoms with Gasteiger partial charge in [0, 0.05) is 0 Å². The van der Waals surface area contributed by atoms with Crippen molar-refractivity contribution in [2.24, 2.45) is 0 Å². The number of sulfone groups is 1. The van der Waals surface area contributed by atoms with Crippen molar-refractivity contribution in [1.82, 2.24) is 5.32 Å². The van der Waals surface area contributed by atoms with E-state index in [2.05, 4.69) is 0 Å². The maximum absolute atomic E-state index is 11.7. The molecule has 6 nitrogen and oxygen atoms in total. The number of hydrogen-bond donors (Lipinski definition) is 2. The Morgan fingerprint density at radius 2 is 1.76 bits per heavy atom. The first kappa shape index (κ1) is 13.2. The molecule has 1 aromatic carbocycles. The molecule has 1 amide bonds. The zero-order valence-electron chi connectivity index (χ0n) is 8.79. The fourth-order valence-electron chi connectivity index (χ4n) is 1.11. The van der Waals surface area contributed by atoms with Gasteiger partial charge < -0.3 is 10.4 Å². The molecule has 7 heteroatoms. The molecule has 0 spiro atoms. The van der Waals surface area contributed by atoms with E-state index in [1.165, 1.54) is 12.1 Å². The first-order chi connectivity index (χ1) is 7.92. The quantitative estimate of drug-likeness (QED) is 0.751. The van der Waals surface area contributed by atoms with E-state index in [0.29, 0.717) is 0 Å². The van der Waals surface area contributed by atoms with Gasteiger partial charge in [-0.1, -0.05) is 18.2 Å². The number of carboxylic acid groups (broad SMARTS) is 1. The predicted molar refractivity (Wildman–Crippen MR) is 59.1 cm³/mol. The van der Waals surface area contributed by atoms with Gasteiger partial charge in [0.1, 0.15) is 12.3 Å². The van der Waals surface area contributed by atoms with Crippen LogP contribution < -0.4 is 5.32 Å². The lowest BCUT2D eigenvalue weighted by molar-refractivity contribution is -0.137. The normalized spacial score (nSPS) is 10.8. The maximum atomic E-state index is 11.7. The molecule has 0 aromatic heterocycles. The predicted octanol–water partition coefficient (Wildman–Crippen LogP) is -0.339. The lowest BCUT2D eigenvalue weighted by Gasteiger charge is -2.04. The fourth-order valence-corrected chi connectivity index (χ4v) is 2.29. The molecule has 0 atom stereocenters. The second kappa shape index (κ2) is 5.44. The summed E-state index contributed by atoms with van der Waals surface area (Å²) in [4.78, 5) is 21.4. The number of hydrogen-bond acceptors (Lipinski definition) is 4.